The summed E-state index contributed by atoms with van der Waals surface area (Å²) in [5.74, 6) is -0.110. The molecule has 33 heavy (non-hydrogen) atoms. The van der Waals surface area contributed by atoms with Gasteiger partial charge in [-0.25, -0.2) is 9.59 Å². The van der Waals surface area contributed by atoms with Gasteiger partial charge in [0.15, 0.2) is 0 Å². The molecule has 0 heterocycles. The van der Waals surface area contributed by atoms with Gasteiger partial charge in [-0.2, -0.15) is 0 Å². The van der Waals surface area contributed by atoms with Gasteiger partial charge >= 0.3 is 12.2 Å². The van der Waals surface area contributed by atoms with Gasteiger partial charge in [-0.15, -0.1) is 13.2 Å². The lowest BCUT2D eigenvalue weighted by Gasteiger charge is -2.33. The number of carbonyl (C=O) groups excluding carboxylic acids is 2. The van der Waals surface area contributed by atoms with E-state index in [0.29, 0.717) is 6.42 Å². The van der Waals surface area contributed by atoms with Gasteiger partial charge < -0.3 is 14.8 Å². The molecule has 6 heteroatoms. The first-order valence-electron chi connectivity index (χ1n) is 11.2. The largest absolute Gasteiger partial charge is 0.445 e. The van der Waals surface area contributed by atoms with Gasteiger partial charge in [0.25, 0.3) is 0 Å². The average Bonchev–Trinajstić information content (AvgIpc) is 2.86. The highest BCUT2D eigenvalue weighted by atomic mass is 16.6. The normalized spacial score (nSPS) is 13.2. The highest BCUT2D eigenvalue weighted by Gasteiger charge is 2.28. The monoisotopic (exact) mass is 450 g/mol. The fourth-order valence-electron chi connectivity index (χ4n) is 3.30. The maximum absolute atomic E-state index is 13.0. The summed E-state index contributed by atoms with van der Waals surface area (Å²) in [6, 6.07) is 18.3. The molecule has 0 spiro atoms. The maximum Gasteiger partial charge on any atom is 0.410 e. The lowest BCUT2D eigenvalue weighted by Crippen LogP contribution is -2.51. The molecule has 0 fully saturated rings. The molecule has 2 aromatic carbocycles. The van der Waals surface area contributed by atoms with Gasteiger partial charge in [0.05, 0.1) is 12.1 Å². The van der Waals surface area contributed by atoms with Crippen LogP contribution in [0.2, 0.25) is 0 Å². The van der Waals surface area contributed by atoms with Crippen molar-refractivity contribution in [1.82, 2.24) is 10.2 Å². The number of benzene rings is 2. The molecule has 0 aromatic heterocycles. The SMILES string of the molecule is C=C[C@@H](C)[C@@H](CN(C(=O)OCc1ccccc1)[C@H](C=C)CC)NC(=O)OCc1ccccc1. The van der Waals surface area contributed by atoms with Crippen LogP contribution in [0.1, 0.15) is 31.4 Å². The predicted molar refractivity (Wildman–Crippen MR) is 131 cm³/mol. The second-order valence-electron chi connectivity index (χ2n) is 7.81. The summed E-state index contributed by atoms with van der Waals surface area (Å²) in [6.45, 7) is 12.2. The first-order chi connectivity index (χ1) is 16.0. The van der Waals surface area contributed by atoms with E-state index in [0.717, 1.165) is 11.1 Å². The van der Waals surface area contributed by atoms with Crippen molar-refractivity contribution in [2.45, 2.75) is 45.6 Å². The van der Waals surface area contributed by atoms with Gasteiger partial charge in [0.2, 0.25) is 0 Å². The molecular formula is C27H34N2O4. The standard InChI is InChI=1S/C27H34N2O4/c1-5-21(4)25(28-26(30)32-19-22-14-10-8-11-15-22)18-29(24(6-2)7-3)27(31)33-20-23-16-12-9-13-17-23/h5-6,8-17,21,24-25H,1-2,7,18-20H2,3-4H3,(H,28,30)/t21-,24-,25-/m1/s1. The minimum Gasteiger partial charge on any atom is -0.445 e. The lowest BCUT2D eigenvalue weighted by molar-refractivity contribution is 0.0781. The van der Waals surface area contributed by atoms with E-state index in [9.17, 15) is 9.59 Å². The summed E-state index contributed by atoms with van der Waals surface area (Å²) in [6.07, 6.45) is 3.10. The van der Waals surface area contributed by atoms with Crippen molar-refractivity contribution in [3.8, 4) is 0 Å². The van der Waals surface area contributed by atoms with E-state index in [2.05, 4.69) is 18.5 Å². The second kappa shape index (κ2) is 13.8. The van der Waals surface area contributed by atoms with Crippen LogP contribution in [0.3, 0.4) is 0 Å². The van der Waals surface area contributed by atoms with Crippen LogP contribution in [0.15, 0.2) is 86.0 Å². The van der Waals surface area contributed by atoms with Crippen molar-refractivity contribution >= 4 is 12.2 Å². The number of nitrogens with zero attached hydrogens (tertiary/aromatic N) is 1. The van der Waals surface area contributed by atoms with Crippen LogP contribution in [0.5, 0.6) is 0 Å². The summed E-state index contributed by atoms with van der Waals surface area (Å²) >= 11 is 0. The predicted octanol–water partition coefficient (Wildman–Crippen LogP) is 5.71. The molecule has 0 aliphatic heterocycles. The summed E-state index contributed by atoms with van der Waals surface area (Å²) in [5, 5.41) is 2.88. The van der Waals surface area contributed by atoms with Crippen LogP contribution in [-0.2, 0) is 22.7 Å². The first-order valence-corrected chi connectivity index (χ1v) is 11.2. The number of hydrogen-bond donors (Lipinski definition) is 1. The average molecular weight is 451 g/mol. The number of ether oxygens (including phenoxy) is 2. The molecule has 2 aromatic rings. The van der Waals surface area contributed by atoms with E-state index < -0.39 is 18.2 Å². The Morgan fingerprint density at radius 1 is 0.939 bits per heavy atom. The van der Waals surface area contributed by atoms with Crippen molar-refractivity contribution in [3.63, 3.8) is 0 Å². The van der Waals surface area contributed by atoms with Gasteiger partial charge in [0, 0.05) is 6.54 Å². The zero-order valence-electron chi connectivity index (χ0n) is 19.5. The third-order valence-corrected chi connectivity index (χ3v) is 5.45. The van der Waals surface area contributed by atoms with E-state index in [1.54, 1.807) is 17.1 Å². The fourth-order valence-corrected chi connectivity index (χ4v) is 3.30. The molecule has 0 radical (unpaired) electrons. The van der Waals surface area contributed by atoms with Crippen LogP contribution in [0, 0.1) is 5.92 Å². The number of rotatable bonds is 12. The molecule has 0 aliphatic carbocycles. The molecule has 3 atom stereocenters. The van der Waals surface area contributed by atoms with Crippen LogP contribution in [0.4, 0.5) is 9.59 Å². The van der Waals surface area contributed by atoms with Crippen LogP contribution >= 0.6 is 0 Å². The van der Waals surface area contributed by atoms with Crippen LogP contribution in [0.25, 0.3) is 0 Å². The molecule has 0 saturated carbocycles. The van der Waals surface area contributed by atoms with Crippen molar-refractivity contribution in [2.24, 2.45) is 5.92 Å². The Kier molecular flexibility index (Phi) is 10.7. The summed E-state index contributed by atoms with van der Waals surface area (Å²) in [4.78, 5) is 27.1. The Morgan fingerprint density at radius 2 is 1.48 bits per heavy atom. The number of amides is 2. The van der Waals surface area contributed by atoms with Crippen LogP contribution < -0.4 is 5.32 Å². The van der Waals surface area contributed by atoms with E-state index in [1.807, 2.05) is 74.5 Å². The molecule has 0 unspecified atom stereocenters. The number of carbonyl (C=O) groups is 2. The van der Waals surface area contributed by atoms with Gasteiger partial charge in [-0.1, -0.05) is 86.7 Å². The third-order valence-electron chi connectivity index (χ3n) is 5.45. The zero-order chi connectivity index (χ0) is 24.1. The molecular weight excluding hydrogens is 416 g/mol. The molecule has 0 saturated heterocycles. The topological polar surface area (TPSA) is 67.9 Å². The second-order valence-corrected chi connectivity index (χ2v) is 7.81. The minimum atomic E-state index is -0.554. The number of hydrogen-bond acceptors (Lipinski definition) is 4. The van der Waals surface area contributed by atoms with Crippen molar-refractivity contribution < 1.29 is 19.1 Å². The van der Waals surface area contributed by atoms with Crippen molar-refractivity contribution in [3.05, 3.63) is 97.1 Å². The molecule has 2 amide bonds. The quantitative estimate of drug-likeness (QED) is 0.421. The molecule has 0 aliphatic rings. The Balaban J connectivity index is 2.07. The minimum absolute atomic E-state index is 0.110. The van der Waals surface area contributed by atoms with E-state index in [1.165, 1.54) is 0 Å². The first kappa shape index (κ1) is 25.7. The van der Waals surface area contributed by atoms with E-state index in [-0.39, 0.29) is 31.7 Å². The lowest BCUT2D eigenvalue weighted by atomic mass is 10.0. The number of nitrogens with one attached hydrogen (secondary N) is 1. The van der Waals surface area contributed by atoms with E-state index in [4.69, 9.17) is 9.47 Å². The Labute approximate surface area is 196 Å². The smallest absolute Gasteiger partial charge is 0.410 e. The zero-order valence-corrected chi connectivity index (χ0v) is 19.5. The third kappa shape index (κ3) is 8.48. The van der Waals surface area contributed by atoms with Crippen molar-refractivity contribution in [2.75, 3.05) is 6.54 Å². The molecule has 0 bridgehead atoms. The molecule has 176 valence electrons. The molecule has 6 nitrogen and oxygen atoms in total. The Morgan fingerprint density at radius 3 is 1.97 bits per heavy atom. The maximum atomic E-state index is 13.0. The van der Waals surface area contributed by atoms with Gasteiger partial charge in [-0.3, -0.25) is 4.90 Å². The fraction of sp³-hybridized carbons (Fsp3) is 0.333. The summed E-state index contributed by atoms with van der Waals surface area (Å²) < 4.78 is 10.9. The van der Waals surface area contributed by atoms with Crippen molar-refractivity contribution in [1.29, 1.82) is 0 Å². The van der Waals surface area contributed by atoms with E-state index >= 15 is 0 Å². The van der Waals surface area contributed by atoms with Crippen LogP contribution in [-0.4, -0.2) is 35.7 Å². The summed E-state index contributed by atoms with van der Waals surface area (Å²) in [5.41, 5.74) is 1.79. The van der Waals surface area contributed by atoms with Gasteiger partial charge in [-0.05, 0) is 23.5 Å². The Bertz CT molecular complexity index is 886. The summed E-state index contributed by atoms with van der Waals surface area (Å²) in [7, 11) is 0. The highest BCUT2D eigenvalue weighted by Crippen LogP contribution is 2.15. The van der Waals surface area contributed by atoms with Gasteiger partial charge in [0.1, 0.15) is 13.2 Å². The molecule has 1 N–H and O–H groups in total. The Hall–Kier alpha value is -3.54. The number of alkyl carbamates (subject to hydrolysis) is 1. The molecule has 2 rings (SSSR count). The highest BCUT2D eigenvalue weighted by molar-refractivity contribution is 5.70.